The second-order valence-corrected chi connectivity index (χ2v) is 20.4. The van der Waals surface area contributed by atoms with E-state index in [2.05, 4.69) is 32.2 Å². The predicted molar refractivity (Wildman–Crippen MR) is 254 cm³/mol. The van der Waals surface area contributed by atoms with Crippen LogP contribution in [0, 0.1) is 35.5 Å². The van der Waals surface area contributed by atoms with Gasteiger partial charge in [0.05, 0.1) is 48.5 Å². The van der Waals surface area contributed by atoms with Crippen molar-refractivity contribution in [3.8, 4) is 0 Å². The summed E-state index contributed by atoms with van der Waals surface area (Å²) in [5.41, 5.74) is 0.995. The SMILES string of the molecule is C/C=C/C(=O)C[C@H]1CC[C@H](C)[C@H](CC(=O)CC[C@@H](O)[C@@H](C)C(=O)NCCC[C@H]2O[C@@H](CCC[C@@H](O)CC[C@H](C)/C=C(\C)[C@H](C)OC(=O)C3CCC(CN4C(=O)C=CC4=O)CC3)CC[C@@H]2C)O1. The number of carbonyl (C=O) groups is 6. The number of allylic oxidation sites excluding steroid dienone is 3. The highest BCUT2D eigenvalue weighted by Crippen LogP contribution is 2.33. The fourth-order valence-electron chi connectivity index (χ4n) is 10.0. The molecule has 3 amide bonds. The maximum absolute atomic E-state index is 13.0. The molecule has 11 atom stereocenters. The van der Waals surface area contributed by atoms with E-state index >= 15 is 0 Å². The van der Waals surface area contributed by atoms with E-state index < -0.39 is 18.1 Å². The second kappa shape index (κ2) is 28.1. The van der Waals surface area contributed by atoms with Gasteiger partial charge in [0.1, 0.15) is 11.9 Å². The molecule has 372 valence electrons. The third-order valence-electron chi connectivity index (χ3n) is 14.8. The van der Waals surface area contributed by atoms with E-state index in [9.17, 15) is 39.0 Å². The number of hydrogen-bond acceptors (Lipinski definition) is 11. The Labute approximate surface area is 395 Å². The Hall–Kier alpha value is -3.52. The van der Waals surface area contributed by atoms with E-state index in [1.165, 1.54) is 17.1 Å². The molecule has 13 heteroatoms. The molecule has 1 saturated carbocycles. The lowest BCUT2D eigenvalue weighted by Crippen LogP contribution is -2.38. The zero-order chi connectivity index (χ0) is 48.3. The first-order valence-corrected chi connectivity index (χ1v) is 25.5. The summed E-state index contributed by atoms with van der Waals surface area (Å²) in [5, 5.41) is 24.6. The molecule has 3 fully saturated rings. The van der Waals surface area contributed by atoms with Gasteiger partial charge in [0.15, 0.2) is 5.78 Å². The van der Waals surface area contributed by atoms with Crippen LogP contribution < -0.4 is 5.32 Å². The van der Waals surface area contributed by atoms with Gasteiger partial charge in [-0.25, -0.2) is 0 Å². The van der Waals surface area contributed by atoms with Crippen molar-refractivity contribution >= 4 is 35.3 Å². The summed E-state index contributed by atoms with van der Waals surface area (Å²) < 4.78 is 18.5. The molecule has 0 bridgehead atoms. The monoisotopic (exact) mass is 925 g/mol. The van der Waals surface area contributed by atoms with Gasteiger partial charge in [0, 0.05) is 44.5 Å². The van der Waals surface area contributed by atoms with Crippen LogP contribution in [0.2, 0.25) is 0 Å². The van der Waals surface area contributed by atoms with Crippen LogP contribution in [0.1, 0.15) is 170 Å². The molecular weight excluding hydrogens is 841 g/mol. The van der Waals surface area contributed by atoms with Crippen molar-refractivity contribution in [1.29, 1.82) is 0 Å². The number of hydrogen-bond donors (Lipinski definition) is 3. The first-order valence-electron chi connectivity index (χ1n) is 25.5. The number of imide groups is 1. The van der Waals surface area contributed by atoms with E-state index in [0.717, 1.165) is 76.2 Å². The van der Waals surface area contributed by atoms with Crippen LogP contribution in [-0.4, -0.2) is 106 Å². The van der Waals surface area contributed by atoms with Gasteiger partial charge in [-0.15, -0.1) is 0 Å². The Morgan fingerprint density at radius 3 is 2.15 bits per heavy atom. The molecule has 0 aromatic heterocycles. The van der Waals surface area contributed by atoms with Crippen LogP contribution in [-0.2, 0) is 43.0 Å². The van der Waals surface area contributed by atoms with Crippen LogP contribution in [0.4, 0.5) is 0 Å². The van der Waals surface area contributed by atoms with Gasteiger partial charge in [-0.3, -0.25) is 33.7 Å². The number of esters is 1. The molecule has 1 aliphatic carbocycles. The van der Waals surface area contributed by atoms with Crippen molar-refractivity contribution in [3.63, 3.8) is 0 Å². The van der Waals surface area contributed by atoms with E-state index in [4.69, 9.17) is 14.2 Å². The molecule has 3 aliphatic heterocycles. The maximum Gasteiger partial charge on any atom is 0.309 e. The third-order valence-corrected chi connectivity index (χ3v) is 14.8. The van der Waals surface area contributed by atoms with E-state index in [-0.39, 0.29) is 109 Å². The normalized spacial score (nSPS) is 28.5. The van der Waals surface area contributed by atoms with Gasteiger partial charge in [0.25, 0.3) is 11.8 Å². The largest absolute Gasteiger partial charge is 0.458 e. The topological polar surface area (TPSA) is 186 Å². The maximum atomic E-state index is 13.0. The van der Waals surface area contributed by atoms with Crippen LogP contribution in [0.5, 0.6) is 0 Å². The summed E-state index contributed by atoms with van der Waals surface area (Å²) >= 11 is 0. The molecule has 4 aliphatic rings. The number of Topliss-reactive ketones (excluding diaryl/α,β-unsaturated/α-hetero) is 1. The molecule has 4 rings (SSSR count). The number of nitrogens with one attached hydrogen (secondary N) is 1. The number of carbonyl (C=O) groups excluding carboxylic acids is 6. The molecule has 0 aromatic rings. The zero-order valence-electron chi connectivity index (χ0n) is 41.3. The Morgan fingerprint density at radius 2 is 1.47 bits per heavy atom. The molecule has 13 nitrogen and oxygen atoms in total. The first kappa shape index (κ1) is 55.1. The minimum absolute atomic E-state index is 0.00549. The summed E-state index contributed by atoms with van der Waals surface area (Å²) in [6.07, 6.45) is 19.5. The van der Waals surface area contributed by atoms with Crippen LogP contribution in [0.3, 0.4) is 0 Å². The molecule has 3 heterocycles. The molecule has 66 heavy (non-hydrogen) atoms. The highest BCUT2D eigenvalue weighted by atomic mass is 16.5. The Kier molecular flexibility index (Phi) is 23.4. The standard InChI is InChI=1S/C53H84N2O11/c1-8-11-43(57)31-46-25-17-36(4)49(66-46)32-44(58)23-26-47(59)38(6)52(62)54-29-10-14-48-35(3)16-24-45(65-48)13-9-12-42(56)22-15-34(2)30-37(5)39(7)64-53(63)41-20-18-40(19-21-41)33-55-50(60)27-28-51(55)61/h8,11,27-28,30,34-36,38-42,45-49,56,59H,9-10,12-26,29,31-33H2,1-7H3,(H,54,62)/b11-8+,37-30+/t34-,35-,36-,38+,39-,40?,41?,42+,45-,46+,47+,48+,49-/m0/s1. The number of ether oxygens (including phenoxy) is 3. The van der Waals surface area contributed by atoms with Crippen molar-refractivity contribution in [2.75, 3.05) is 13.1 Å². The number of amides is 3. The number of rotatable bonds is 27. The highest BCUT2D eigenvalue weighted by molar-refractivity contribution is 6.12. The molecule has 0 unspecified atom stereocenters. The summed E-state index contributed by atoms with van der Waals surface area (Å²) in [6, 6.07) is 0. The minimum Gasteiger partial charge on any atom is -0.458 e. The summed E-state index contributed by atoms with van der Waals surface area (Å²) in [5.74, 6) is -0.665. The molecule has 0 spiro atoms. The van der Waals surface area contributed by atoms with Gasteiger partial charge in [0.2, 0.25) is 5.91 Å². The van der Waals surface area contributed by atoms with E-state index in [1.807, 2.05) is 20.8 Å². The van der Waals surface area contributed by atoms with Gasteiger partial charge < -0.3 is 29.7 Å². The number of aliphatic hydroxyl groups is 2. The number of aliphatic hydroxyl groups excluding tert-OH is 2. The van der Waals surface area contributed by atoms with Gasteiger partial charge in [-0.1, -0.05) is 39.8 Å². The zero-order valence-corrected chi connectivity index (χ0v) is 41.3. The Bertz CT molecular complexity index is 1670. The van der Waals surface area contributed by atoms with Crippen LogP contribution in [0.25, 0.3) is 0 Å². The van der Waals surface area contributed by atoms with Crippen molar-refractivity contribution in [2.45, 2.75) is 213 Å². The lowest BCUT2D eigenvalue weighted by Gasteiger charge is -2.35. The summed E-state index contributed by atoms with van der Waals surface area (Å²) in [7, 11) is 0. The van der Waals surface area contributed by atoms with Gasteiger partial charge >= 0.3 is 5.97 Å². The number of nitrogens with zero attached hydrogens (tertiary/aromatic N) is 1. The average molecular weight is 925 g/mol. The van der Waals surface area contributed by atoms with Crippen molar-refractivity contribution < 1.29 is 53.2 Å². The van der Waals surface area contributed by atoms with Crippen molar-refractivity contribution in [1.82, 2.24) is 10.2 Å². The molecule has 0 aromatic carbocycles. The Morgan fingerprint density at radius 1 is 0.818 bits per heavy atom. The van der Waals surface area contributed by atoms with E-state index in [0.29, 0.717) is 51.1 Å². The predicted octanol–water partition coefficient (Wildman–Crippen LogP) is 8.08. The van der Waals surface area contributed by atoms with Gasteiger partial charge in [-0.05, 0) is 159 Å². The third kappa shape index (κ3) is 18.5. The van der Waals surface area contributed by atoms with Gasteiger partial charge in [-0.2, -0.15) is 0 Å². The summed E-state index contributed by atoms with van der Waals surface area (Å²) in [6.45, 7) is 14.7. The first-order chi connectivity index (χ1) is 31.4. The smallest absolute Gasteiger partial charge is 0.309 e. The molecule has 0 radical (unpaired) electrons. The quantitative estimate of drug-likeness (QED) is 0.0238. The van der Waals surface area contributed by atoms with Crippen molar-refractivity contribution in [3.05, 3.63) is 36.0 Å². The lowest BCUT2D eigenvalue weighted by atomic mass is 9.81. The lowest BCUT2D eigenvalue weighted by molar-refractivity contribution is -0.153. The van der Waals surface area contributed by atoms with Crippen molar-refractivity contribution in [2.24, 2.45) is 35.5 Å². The number of ketones is 2. The van der Waals surface area contributed by atoms with E-state index in [1.54, 1.807) is 19.1 Å². The Balaban J connectivity index is 1.04. The fourth-order valence-corrected chi connectivity index (χ4v) is 10.0. The summed E-state index contributed by atoms with van der Waals surface area (Å²) in [4.78, 5) is 75.9. The second-order valence-electron chi connectivity index (χ2n) is 20.4. The molecule has 2 saturated heterocycles. The average Bonchev–Trinajstić information content (AvgIpc) is 3.60. The molecular formula is C53H84N2O11. The molecule has 3 N–H and O–H groups in total. The van der Waals surface area contributed by atoms with Crippen LogP contribution in [0.15, 0.2) is 36.0 Å². The minimum atomic E-state index is -0.930. The fraction of sp³-hybridized carbons (Fsp3) is 0.774. The highest BCUT2D eigenvalue weighted by Gasteiger charge is 2.34. The van der Waals surface area contributed by atoms with Crippen LogP contribution >= 0.6 is 0 Å².